The lowest BCUT2D eigenvalue weighted by molar-refractivity contribution is 0.388. The Morgan fingerprint density at radius 2 is 2.00 bits per heavy atom. The van der Waals surface area contributed by atoms with Gasteiger partial charge in [-0.3, -0.25) is 4.39 Å². The number of halogens is 2. The SMILES string of the molecule is Cl.N[C@H](CCF)c1cccc(O)c1O. The zero-order valence-electron chi connectivity index (χ0n) is 7.48. The van der Waals surface area contributed by atoms with Gasteiger partial charge in [-0.1, -0.05) is 12.1 Å². The number of nitrogens with two attached hydrogens (primary N) is 1. The molecule has 0 amide bonds. The molecule has 0 aliphatic heterocycles. The maximum absolute atomic E-state index is 11.9. The van der Waals surface area contributed by atoms with E-state index < -0.39 is 12.7 Å². The molecule has 1 aromatic rings. The highest BCUT2D eigenvalue weighted by Crippen LogP contribution is 2.32. The van der Waals surface area contributed by atoms with Crippen LogP contribution in [0.2, 0.25) is 0 Å². The first-order valence-corrected chi connectivity index (χ1v) is 3.99. The van der Waals surface area contributed by atoms with E-state index in [0.29, 0.717) is 5.56 Å². The number of aromatic hydroxyl groups is 2. The smallest absolute Gasteiger partial charge is 0.162 e. The first-order chi connectivity index (χ1) is 6.16. The summed E-state index contributed by atoms with van der Waals surface area (Å²) in [7, 11) is 0. The normalized spacial score (nSPS) is 11.9. The molecule has 0 spiro atoms. The molecule has 0 radical (unpaired) electrons. The molecule has 0 aliphatic rings. The van der Waals surface area contributed by atoms with Crippen molar-refractivity contribution in [2.24, 2.45) is 5.73 Å². The van der Waals surface area contributed by atoms with Gasteiger partial charge in [0.2, 0.25) is 0 Å². The third-order valence-corrected chi connectivity index (χ3v) is 1.87. The molecule has 3 nitrogen and oxygen atoms in total. The van der Waals surface area contributed by atoms with Crippen LogP contribution in [0.15, 0.2) is 18.2 Å². The van der Waals surface area contributed by atoms with Crippen LogP contribution >= 0.6 is 12.4 Å². The van der Waals surface area contributed by atoms with Crippen LogP contribution in [0.5, 0.6) is 11.5 Å². The summed E-state index contributed by atoms with van der Waals surface area (Å²) in [5, 5.41) is 18.5. The molecule has 0 fully saturated rings. The molecule has 14 heavy (non-hydrogen) atoms. The first-order valence-electron chi connectivity index (χ1n) is 3.99. The molecule has 0 saturated carbocycles. The highest BCUT2D eigenvalue weighted by Gasteiger charge is 2.12. The van der Waals surface area contributed by atoms with E-state index in [0.717, 1.165) is 0 Å². The Hall–Kier alpha value is -1.00. The van der Waals surface area contributed by atoms with Crippen LogP contribution < -0.4 is 5.73 Å². The molecule has 5 heteroatoms. The van der Waals surface area contributed by atoms with E-state index in [4.69, 9.17) is 10.8 Å². The zero-order chi connectivity index (χ0) is 9.84. The van der Waals surface area contributed by atoms with Crippen molar-refractivity contribution in [3.05, 3.63) is 23.8 Å². The third-order valence-electron chi connectivity index (χ3n) is 1.87. The van der Waals surface area contributed by atoms with Crippen molar-refractivity contribution in [2.45, 2.75) is 12.5 Å². The fourth-order valence-electron chi connectivity index (χ4n) is 1.12. The number of para-hydroxylation sites is 1. The molecule has 0 unspecified atom stereocenters. The molecule has 0 bridgehead atoms. The predicted octanol–water partition coefficient (Wildman–Crippen LogP) is 1.88. The molecule has 0 saturated heterocycles. The van der Waals surface area contributed by atoms with Crippen LogP contribution in [0.25, 0.3) is 0 Å². The maximum atomic E-state index is 11.9. The number of phenolic OH excluding ortho intramolecular Hbond substituents is 2. The standard InChI is InChI=1S/C9H12FNO2.ClH/c10-5-4-7(11)6-2-1-3-8(12)9(6)13;/h1-3,7,12-13H,4-5,11H2;1H/t7-;/m1./s1. The van der Waals surface area contributed by atoms with E-state index >= 15 is 0 Å². The molecule has 4 N–H and O–H groups in total. The molecular weight excluding hydrogens is 209 g/mol. The summed E-state index contributed by atoms with van der Waals surface area (Å²) >= 11 is 0. The molecule has 1 aromatic carbocycles. The van der Waals surface area contributed by atoms with Crippen molar-refractivity contribution < 1.29 is 14.6 Å². The lowest BCUT2D eigenvalue weighted by atomic mass is 10.0. The number of hydrogen-bond acceptors (Lipinski definition) is 3. The van der Waals surface area contributed by atoms with Gasteiger partial charge in [-0.05, 0) is 12.5 Å². The van der Waals surface area contributed by atoms with E-state index in [9.17, 15) is 9.50 Å². The number of alkyl halides is 1. The Bertz CT molecular complexity index is 296. The highest BCUT2D eigenvalue weighted by molar-refractivity contribution is 5.85. The number of rotatable bonds is 3. The lowest BCUT2D eigenvalue weighted by Crippen LogP contribution is -2.10. The molecule has 80 valence electrons. The van der Waals surface area contributed by atoms with Crippen LogP contribution in [0, 0.1) is 0 Å². The minimum Gasteiger partial charge on any atom is -0.504 e. The third kappa shape index (κ3) is 2.75. The van der Waals surface area contributed by atoms with Crippen LogP contribution in [0.4, 0.5) is 4.39 Å². The molecule has 0 aromatic heterocycles. The second kappa shape index (κ2) is 5.67. The van der Waals surface area contributed by atoms with Crippen molar-refractivity contribution in [3.8, 4) is 11.5 Å². The summed E-state index contributed by atoms with van der Waals surface area (Å²) in [5.74, 6) is -0.491. The van der Waals surface area contributed by atoms with Gasteiger partial charge < -0.3 is 15.9 Å². The van der Waals surface area contributed by atoms with Crippen molar-refractivity contribution in [1.82, 2.24) is 0 Å². The molecular formula is C9H13ClFNO2. The summed E-state index contributed by atoms with van der Waals surface area (Å²) < 4.78 is 11.9. The van der Waals surface area contributed by atoms with Gasteiger partial charge in [-0.2, -0.15) is 0 Å². The quantitative estimate of drug-likeness (QED) is 0.683. The van der Waals surface area contributed by atoms with Gasteiger partial charge in [0.15, 0.2) is 11.5 Å². The van der Waals surface area contributed by atoms with Gasteiger partial charge in [0.25, 0.3) is 0 Å². The van der Waals surface area contributed by atoms with Gasteiger partial charge in [0.1, 0.15) is 0 Å². The van der Waals surface area contributed by atoms with E-state index in [1.54, 1.807) is 12.1 Å². The minimum absolute atomic E-state index is 0. The van der Waals surface area contributed by atoms with E-state index in [-0.39, 0.29) is 30.3 Å². The van der Waals surface area contributed by atoms with E-state index in [1.165, 1.54) is 6.07 Å². The number of phenols is 2. The summed E-state index contributed by atoms with van der Waals surface area (Å²) in [6.07, 6.45) is 0.136. The average molecular weight is 222 g/mol. The Kier molecular flexibility index (Phi) is 5.27. The van der Waals surface area contributed by atoms with Gasteiger partial charge >= 0.3 is 0 Å². The van der Waals surface area contributed by atoms with Crippen LogP contribution in [0.1, 0.15) is 18.0 Å². The van der Waals surface area contributed by atoms with Crippen molar-refractivity contribution in [1.29, 1.82) is 0 Å². The summed E-state index contributed by atoms with van der Waals surface area (Å²) in [6, 6.07) is 3.90. The average Bonchev–Trinajstić information content (AvgIpc) is 2.10. The maximum Gasteiger partial charge on any atom is 0.162 e. The topological polar surface area (TPSA) is 66.5 Å². The lowest BCUT2D eigenvalue weighted by Gasteiger charge is -2.12. The van der Waals surface area contributed by atoms with Crippen LogP contribution in [-0.2, 0) is 0 Å². The summed E-state index contributed by atoms with van der Waals surface area (Å²) in [4.78, 5) is 0. The number of benzene rings is 1. The second-order valence-corrected chi connectivity index (χ2v) is 2.80. The van der Waals surface area contributed by atoms with Gasteiger partial charge in [0, 0.05) is 11.6 Å². The molecule has 1 atom stereocenters. The highest BCUT2D eigenvalue weighted by atomic mass is 35.5. The Balaban J connectivity index is 0.00000169. The first kappa shape index (κ1) is 13.0. The zero-order valence-corrected chi connectivity index (χ0v) is 8.30. The molecule has 0 aliphatic carbocycles. The van der Waals surface area contributed by atoms with Crippen LogP contribution in [-0.4, -0.2) is 16.9 Å². The van der Waals surface area contributed by atoms with Crippen molar-refractivity contribution >= 4 is 12.4 Å². The summed E-state index contributed by atoms with van der Waals surface area (Å²) in [6.45, 7) is -0.545. The monoisotopic (exact) mass is 221 g/mol. The van der Waals surface area contributed by atoms with Gasteiger partial charge in [-0.25, -0.2) is 0 Å². The molecule has 0 heterocycles. The van der Waals surface area contributed by atoms with Crippen molar-refractivity contribution in [3.63, 3.8) is 0 Å². The largest absolute Gasteiger partial charge is 0.504 e. The fraction of sp³-hybridized carbons (Fsp3) is 0.333. The van der Waals surface area contributed by atoms with E-state index in [1.807, 2.05) is 0 Å². The Labute approximate surface area is 87.8 Å². The Morgan fingerprint density at radius 1 is 1.36 bits per heavy atom. The van der Waals surface area contributed by atoms with Crippen LogP contribution in [0.3, 0.4) is 0 Å². The fourth-order valence-corrected chi connectivity index (χ4v) is 1.12. The second-order valence-electron chi connectivity index (χ2n) is 2.80. The predicted molar refractivity (Wildman–Crippen MR) is 54.5 cm³/mol. The number of hydrogen-bond donors (Lipinski definition) is 3. The Morgan fingerprint density at radius 3 is 2.57 bits per heavy atom. The van der Waals surface area contributed by atoms with E-state index in [2.05, 4.69) is 0 Å². The molecule has 1 rings (SSSR count). The van der Waals surface area contributed by atoms with Gasteiger partial charge in [0.05, 0.1) is 6.67 Å². The minimum atomic E-state index is -0.572. The van der Waals surface area contributed by atoms with Crippen molar-refractivity contribution in [2.75, 3.05) is 6.67 Å². The summed E-state index contributed by atoms with van der Waals surface area (Å²) in [5.41, 5.74) is 5.94. The van der Waals surface area contributed by atoms with Gasteiger partial charge in [-0.15, -0.1) is 12.4 Å².